The molecule has 1 aromatic heterocycles. The molecule has 0 spiro atoms. The fourth-order valence-electron chi connectivity index (χ4n) is 2.67. The maximum atomic E-state index is 12.8. The predicted molar refractivity (Wildman–Crippen MR) is 102 cm³/mol. The number of carboxylic acid groups (broad SMARTS) is 1. The van der Waals surface area contributed by atoms with Crippen LogP contribution in [0.4, 0.5) is 0 Å². The number of aliphatic carboxylic acids is 1. The number of rotatable bonds is 4. The van der Waals surface area contributed by atoms with Gasteiger partial charge in [0.1, 0.15) is 6.54 Å². The van der Waals surface area contributed by atoms with Crippen LogP contribution in [0.1, 0.15) is 10.4 Å². The Morgan fingerprint density at radius 1 is 1.12 bits per heavy atom. The molecule has 1 N–H and O–H groups in total. The fourth-order valence-corrected chi connectivity index (χ4v) is 3.20. The molecule has 3 aromatic rings. The summed E-state index contributed by atoms with van der Waals surface area (Å²) >= 11 is 12.4. The molecule has 1 amide bonds. The highest BCUT2D eigenvalue weighted by Gasteiger charge is 2.20. The van der Waals surface area contributed by atoms with Crippen molar-refractivity contribution in [2.75, 3.05) is 13.6 Å². The number of hydrogen-bond acceptors (Lipinski definition) is 3. The number of nitrogens with zero attached hydrogens (tertiary/aromatic N) is 2. The molecule has 132 valence electrons. The molecule has 5 nitrogen and oxygen atoms in total. The first-order chi connectivity index (χ1) is 12.4. The van der Waals surface area contributed by atoms with Crippen LogP contribution < -0.4 is 0 Å². The Hall–Kier alpha value is -2.63. The van der Waals surface area contributed by atoms with Gasteiger partial charge < -0.3 is 10.0 Å². The minimum Gasteiger partial charge on any atom is -0.480 e. The lowest BCUT2D eigenvalue weighted by Crippen LogP contribution is -2.32. The number of likely N-dealkylation sites (N-methyl/N-ethyl adjacent to an activating group) is 1. The van der Waals surface area contributed by atoms with Crippen LogP contribution in [0.15, 0.2) is 48.5 Å². The highest BCUT2D eigenvalue weighted by molar-refractivity contribution is 6.38. The number of fused-ring (bicyclic) bond motifs is 1. The molecular formula is C19H14Cl2N2O3. The minimum atomic E-state index is -1.10. The lowest BCUT2D eigenvalue weighted by Gasteiger charge is -2.17. The Morgan fingerprint density at radius 2 is 1.81 bits per heavy atom. The smallest absolute Gasteiger partial charge is 0.323 e. The van der Waals surface area contributed by atoms with Gasteiger partial charge >= 0.3 is 5.97 Å². The van der Waals surface area contributed by atoms with Crippen molar-refractivity contribution in [1.29, 1.82) is 0 Å². The standard InChI is InChI=1S/C19H14Cl2N2O3/c1-23(10-17(24)25)19(26)14-9-16(11-5-3-2-4-6-11)22-18-13(14)7-12(20)8-15(18)21/h2-9H,10H2,1H3,(H,24,25). The third-order valence-corrected chi connectivity index (χ3v) is 4.36. The van der Waals surface area contributed by atoms with E-state index in [0.717, 1.165) is 10.5 Å². The molecule has 26 heavy (non-hydrogen) atoms. The number of aromatic nitrogens is 1. The molecule has 0 atom stereocenters. The van der Waals surface area contributed by atoms with Gasteiger partial charge in [-0.25, -0.2) is 4.98 Å². The summed E-state index contributed by atoms with van der Waals surface area (Å²) in [5.41, 5.74) is 2.11. The average molecular weight is 389 g/mol. The molecule has 0 radical (unpaired) electrons. The van der Waals surface area contributed by atoms with Gasteiger partial charge in [-0.2, -0.15) is 0 Å². The normalized spacial score (nSPS) is 10.7. The largest absolute Gasteiger partial charge is 0.480 e. The number of amides is 1. The summed E-state index contributed by atoms with van der Waals surface area (Å²) in [7, 11) is 1.43. The SMILES string of the molecule is CN(CC(=O)O)C(=O)c1cc(-c2ccccc2)nc2c(Cl)cc(Cl)cc12. The topological polar surface area (TPSA) is 70.5 Å². The van der Waals surface area contributed by atoms with Crippen molar-refractivity contribution in [2.45, 2.75) is 0 Å². The van der Waals surface area contributed by atoms with Crippen molar-refractivity contribution in [3.8, 4) is 11.3 Å². The van der Waals surface area contributed by atoms with Crippen molar-refractivity contribution in [1.82, 2.24) is 9.88 Å². The van der Waals surface area contributed by atoms with E-state index in [-0.39, 0.29) is 0 Å². The van der Waals surface area contributed by atoms with Gasteiger partial charge in [-0.05, 0) is 18.2 Å². The summed E-state index contributed by atoms with van der Waals surface area (Å²) < 4.78 is 0. The van der Waals surface area contributed by atoms with Gasteiger partial charge in [0.2, 0.25) is 0 Å². The molecule has 2 aromatic carbocycles. The number of carboxylic acids is 1. The van der Waals surface area contributed by atoms with Crippen LogP contribution in [0.5, 0.6) is 0 Å². The molecule has 0 fully saturated rings. The number of benzene rings is 2. The molecule has 0 bridgehead atoms. The zero-order chi connectivity index (χ0) is 18.8. The Labute approximate surface area is 159 Å². The molecule has 0 aliphatic heterocycles. The third kappa shape index (κ3) is 3.64. The molecular weight excluding hydrogens is 375 g/mol. The van der Waals surface area contributed by atoms with Crippen LogP contribution in [0, 0.1) is 0 Å². The van der Waals surface area contributed by atoms with Crippen LogP contribution in [-0.2, 0) is 4.79 Å². The number of carbonyl (C=O) groups excluding carboxylic acids is 1. The minimum absolute atomic E-state index is 0.294. The fraction of sp³-hybridized carbons (Fsp3) is 0.105. The number of hydrogen-bond donors (Lipinski definition) is 1. The van der Waals surface area contributed by atoms with Crippen molar-refractivity contribution in [3.63, 3.8) is 0 Å². The molecule has 3 rings (SSSR count). The van der Waals surface area contributed by atoms with E-state index in [1.165, 1.54) is 7.05 Å². The van der Waals surface area contributed by atoms with Gasteiger partial charge in [-0.1, -0.05) is 53.5 Å². The summed E-state index contributed by atoms with van der Waals surface area (Å²) in [4.78, 5) is 29.5. The molecule has 0 saturated carbocycles. The zero-order valence-corrected chi connectivity index (χ0v) is 15.3. The van der Waals surface area contributed by atoms with E-state index in [9.17, 15) is 9.59 Å². The summed E-state index contributed by atoms with van der Waals surface area (Å²) in [5, 5.41) is 10.1. The highest BCUT2D eigenvalue weighted by atomic mass is 35.5. The van der Waals surface area contributed by atoms with E-state index >= 15 is 0 Å². The zero-order valence-electron chi connectivity index (χ0n) is 13.7. The van der Waals surface area contributed by atoms with Crippen molar-refractivity contribution in [2.24, 2.45) is 0 Å². The first-order valence-corrected chi connectivity index (χ1v) is 8.45. The van der Waals surface area contributed by atoms with E-state index in [1.807, 2.05) is 30.3 Å². The first-order valence-electron chi connectivity index (χ1n) is 7.69. The van der Waals surface area contributed by atoms with Gasteiger partial charge in [0.25, 0.3) is 5.91 Å². The molecule has 0 saturated heterocycles. The van der Waals surface area contributed by atoms with Gasteiger partial charge in [-0.3, -0.25) is 9.59 Å². The highest BCUT2D eigenvalue weighted by Crippen LogP contribution is 2.32. The second-order valence-electron chi connectivity index (χ2n) is 5.76. The van der Waals surface area contributed by atoms with Crippen LogP contribution >= 0.6 is 23.2 Å². The lowest BCUT2D eigenvalue weighted by molar-refractivity contribution is -0.137. The third-order valence-electron chi connectivity index (χ3n) is 3.85. The second-order valence-corrected chi connectivity index (χ2v) is 6.60. The Morgan fingerprint density at radius 3 is 2.46 bits per heavy atom. The first kappa shape index (κ1) is 18.2. The monoisotopic (exact) mass is 388 g/mol. The van der Waals surface area contributed by atoms with E-state index in [4.69, 9.17) is 28.3 Å². The summed E-state index contributed by atoms with van der Waals surface area (Å²) in [6.45, 7) is -0.419. The van der Waals surface area contributed by atoms with E-state index < -0.39 is 18.4 Å². The van der Waals surface area contributed by atoms with Crippen LogP contribution in [0.3, 0.4) is 0 Å². The number of pyridine rings is 1. The van der Waals surface area contributed by atoms with Crippen LogP contribution in [0.2, 0.25) is 10.0 Å². The molecule has 1 heterocycles. The Kier molecular flexibility index (Phi) is 5.11. The molecule has 0 aliphatic carbocycles. The van der Waals surface area contributed by atoms with Gasteiger partial charge in [-0.15, -0.1) is 0 Å². The average Bonchev–Trinajstić information content (AvgIpc) is 2.60. The van der Waals surface area contributed by atoms with E-state index in [0.29, 0.717) is 32.2 Å². The maximum absolute atomic E-state index is 12.8. The van der Waals surface area contributed by atoms with Crippen molar-refractivity contribution < 1.29 is 14.7 Å². The lowest BCUT2D eigenvalue weighted by atomic mass is 10.0. The van der Waals surface area contributed by atoms with Gasteiger partial charge in [0.05, 0.1) is 21.8 Å². The van der Waals surface area contributed by atoms with Gasteiger partial charge in [0, 0.05) is 23.0 Å². The van der Waals surface area contributed by atoms with Crippen molar-refractivity contribution >= 4 is 46.0 Å². The second kappa shape index (κ2) is 7.32. The molecule has 0 unspecified atom stereocenters. The van der Waals surface area contributed by atoms with Gasteiger partial charge in [0.15, 0.2) is 0 Å². The summed E-state index contributed by atoms with van der Waals surface area (Å²) in [6, 6.07) is 14.1. The van der Waals surface area contributed by atoms with Crippen LogP contribution in [-0.4, -0.2) is 40.5 Å². The Balaban J connectivity index is 2.25. The number of carbonyl (C=O) groups is 2. The Bertz CT molecular complexity index is 1010. The summed E-state index contributed by atoms with van der Waals surface area (Å²) in [5.74, 6) is -1.55. The maximum Gasteiger partial charge on any atom is 0.323 e. The molecule has 7 heteroatoms. The quantitative estimate of drug-likeness (QED) is 0.720. The summed E-state index contributed by atoms with van der Waals surface area (Å²) in [6.07, 6.45) is 0. The van der Waals surface area contributed by atoms with E-state index in [1.54, 1.807) is 18.2 Å². The van der Waals surface area contributed by atoms with Crippen LogP contribution in [0.25, 0.3) is 22.2 Å². The number of halogens is 2. The predicted octanol–water partition coefficient (Wildman–Crippen LogP) is 4.37. The molecule has 0 aliphatic rings. The van der Waals surface area contributed by atoms with E-state index in [2.05, 4.69) is 4.98 Å². The van der Waals surface area contributed by atoms with Crippen molar-refractivity contribution in [3.05, 3.63) is 64.1 Å².